The van der Waals surface area contributed by atoms with Gasteiger partial charge in [0.1, 0.15) is 0 Å². The Kier molecular flexibility index (Phi) is 13.1. The molecule has 0 saturated heterocycles. The van der Waals surface area contributed by atoms with Crippen molar-refractivity contribution in [2.45, 2.75) is 96.1 Å². The van der Waals surface area contributed by atoms with E-state index in [9.17, 15) is 26.3 Å². The molecule has 0 heterocycles. The Morgan fingerprint density at radius 1 is 0.852 bits per heavy atom. The Hall–Kier alpha value is -0.350. The van der Waals surface area contributed by atoms with E-state index in [-0.39, 0.29) is 6.42 Å². The second-order valence-corrected chi connectivity index (χ2v) is 7.87. The van der Waals surface area contributed by atoms with Gasteiger partial charge in [0.05, 0.1) is 12.8 Å². The molecule has 0 aromatic carbocycles. The van der Waals surface area contributed by atoms with Crippen LogP contribution in [0.25, 0.3) is 0 Å². The van der Waals surface area contributed by atoms with Crippen LogP contribution in [-0.2, 0) is 4.57 Å². The van der Waals surface area contributed by atoms with Gasteiger partial charge in [-0.3, -0.25) is 0 Å². The molecule has 166 valence electrons. The minimum Gasteiger partial charge on any atom is -0.308 e. The summed E-state index contributed by atoms with van der Waals surface area (Å²) in [7, 11) is -4.64. The molecule has 0 radical (unpaired) electrons. The van der Waals surface area contributed by atoms with Gasteiger partial charge < -0.3 is 20.0 Å². The maximum Gasteiger partial charge on any atom is 0.466 e. The van der Waals surface area contributed by atoms with Crippen molar-refractivity contribution in [3.8, 4) is 0 Å². The third-order valence-corrected chi connectivity index (χ3v) is 3.43. The lowest BCUT2D eigenvalue weighted by Gasteiger charge is -2.38. The maximum absolute atomic E-state index is 12.8. The molecule has 27 heavy (non-hydrogen) atoms. The number of alkyl halides is 6. The SMILES string of the molecule is CCCCCCCC(CC(F)(F)F)(CC(F)(F)F)NC(C)C.O=P(O)(O)O. The quantitative estimate of drug-likeness (QED) is 0.220. The van der Waals surface area contributed by atoms with Gasteiger partial charge in [-0.05, 0) is 6.42 Å². The Bertz CT molecular complexity index is 413. The largest absolute Gasteiger partial charge is 0.466 e. The highest BCUT2D eigenvalue weighted by Gasteiger charge is 2.48. The second-order valence-electron chi connectivity index (χ2n) is 6.84. The van der Waals surface area contributed by atoms with Crippen molar-refractivity contribution < 1.29 is 45.6 Å². The molecule has 0 amide bonds. The van der Waals surface area contributed by atoms with Crippen molar-refractivity contribution >= 4 is 7.82 Å². The Balaban J connectivity index is 0. The summed E-state index contributed by atoms with van der Waals surface area (Å²) in [6.07, 6.45) is -8.50. The third kappa shape index (κ3) is 23.6. The van der Waals surface area contributed by atoms with Crippen molar-refractivity contribution in [3.63, 3.8) is 0 Å². The highest BCUT2D eigenvalue weighted by atomic mass is 31.2. The fraction of sp³-hybridized carbons (Fsp3) is 1.00. The molecule has 0 aromatic heterocycles. The van der Waals surface area contributed by atoms with E-state index in [1.54, 1.807) is 13.8 Å². The summed E-state index contributed by atoms with van der Waals surface area (Å²) in [5, 5.41) is 2.56. The van der Waals surface area contributed by atoms with Gasteiger partial charge in [-0.15, -0.1) is 0 Å². The molecule has 0 fully saturated rings. The molecule has 5 nitrogen and oxygen atoms in total. The Labute approximate surface area is 155 Å². The summed E-state index contributed by atoms with van der Waals surface area (Å²) in [4.78, 5) is 21.6. The molecule has 0 aromatic rings. The van der Waals surface area contributed by atoms with Gasteiger partial charge in [0.2, 0.25) is 0 Å². The summed E-state index contributed by atoms with van der Waals surface area (Å²) in [6.45, 7) is 5.13. The summed E-state index contributed by atoms with van der Waals surface area (Å²) in [6, 6.07) is -0.444. The van der Waals surface area contributed by atoms with E-state index in [2.05, 4.69) is 5.32 Å². The first kappa shape index (κ1) is 28.9. The van der Waals surface area contributed by atoms with Crippen molar-refractivity contribution in [3.05, 3.63) is 0 Å². The number of hydrogen-bond acceptors (Lipinski definition) is 2. The molecule has 0 spiro atoms. The Morgan fingerprint density at radius 3 is 1.52 bits per heavy atom. The van der Waals surface area contributed by atoms with E-state index in [1.807, 2.05) is 6.92 Å². The molecule has 0 bridgehead atoms. The van der Waals surface area contributed by atoms with E-state index >= 15 is 0 Å². The molecule has 0 unspecified atom stereocenters. The zero-order chi connectivity index (χ0) is 21.9. The number of nitrogens with one attached hydrogen (secondary N) is 1. The van der Waals surface area contributed by atoms with Crippen molar-refractivity contribution in [1.82, 2.24) is 5.32 Å². The first-order chi connectivity index (χ1) is 11.9. The van der Waals surface area contributed by atoms with Crippen molar-refractivity contribution in [2.24, 2.45) is 0 Å². The van der Waals surface area contributed by atoms with Gasteiger partial charge >= 0.3 is 20.2 Å². The zero-order valence-electron chi connectivity index (χ0n) is 15.7. The van der Waals surface area contributed by atoms with Crippen LogP contribution in [0.1, 0.15) is 72.1 Å². The minimum atomic E-state index is -4.64. The van der Waals surface area contributed by atoms with E-state index in [1.165, 1.54) is 0 Å². The Morgan fingerprint density at radius 2 is 1.22 bits per heavy atom. The smallest absolute Gasteiger partial charge is 0.308 e. The van der Waals surface area contributed by atoms with Gasteiger partial charge in [0.25, 0.3) is 0 Å². The van der Waals surface area contributed by atoms with Crippen LogP contribution in [0.4, 0.5) is 26.3 Å². The van der Waals surface area contributed by atoms with Gasteiger partial charge in [-0.2, -0.15) is 26.3 Å². The number of halogens is 6. The van der Waals surface area contributed by atoms with E-state index in [0.29, 0.717) is 12.8 Å². The first-order valence-corrected chi connectivity index (χ1v) is 10.1. The third-order valence-electron chi connectivity index (χ3n) is 3.43. The van der Waals surface area contributed by atoms with Gasteiger partial charge in [0, 0.05) is 11.6 Å². The lowest BCUT2D eigenvalue weighted by atomic mass is 9.84. The topological polar surface area (TPSA) is 89.8 Å². The fourth-order valence-electron chi connectivity index (χ4n) is 2.86. The minimum absolute atomic E-state index is 0.117. The molecular formula is C15H30F6NO4P. The van der Waals surface area contributed by atoms with Gasteiger partial charge in [0.15, 0.2) is 0 Å². The maximum atomic E-state index is 12.8. The van der Waals surface area contributed by atoms with Gasteiger partial charge in [-0.1, -0.05) is 52.9 Å². The highest BCUT2D eigenvalue weighted by Crippen LogP contribution is 2.39. The molecule has 0 rings (SSSR count). The molecule has 0 aliphatic heterocycles. The van der Waals surface area contributed by atoms with Crippen LogP contribution in [0.15, 0.2) is 0 Å². The molecule has 4 N–H and O–H groups in total. The average molecular weight is 433 g/mol. The van der Waals surface area contributed by atoms with Crippen LogP contribution in [0.3, 0.4) is 0 Å². The summed E-state index contributed by atoms with van der Waals surface area (Å²) in [5.74, 6) is 0. The number of unbranched alkanes of at least 4 members (excludes halogenated alkanes) is 4. The molecular weight excluding hydrogens is 403 g/mol. The van der Waals surface area contributed by atoms with Crippen LogP contribution in [0, 0.1) is 0 Å². The van der Waals surface area contributed by atoms with E-state index in [4.69, 9.17) is 19.2 Å². The molecule has 0 atom stereocenters. The van der Waals surface area contributed by atoms with Crippen molar-refractivity contribution in [2.75, 3.05) is 0 Å². The number of phosphoric acid groups is 1. The molecule has 12 heteroatoms. The molecule has 0 aliphatic carbocycles. The standard InChI is InChI=1S/C15H27F6N.H3O4P/c1-4-5-6-7-8-9-13(22-12(2)3,10-14(16,17)18)11-15(19,20)21;1-5(2,3)4/h12,22H,4-11H2,1-3H3;(H3,1,2,3,4). The predicted molar refractivity (Wildman–Crippen MR) is 90.0 cm³/mol. The van der Waals surface area contributed by atoms with Crippen LogP contribution in [0.5, 0.6) is 0 Å². The van der Waals surface area contributed by atoms with Crippen LogP contribution in [0.2, 0.25) is 0 Å². The zero-order valence-corrected chi connectivity index (χ0v) is 16.6. The lowest BCUT2D eigenvalue weighted by molar-refractivity contribution is -0.184. The average Bonchev–Trinajstić information content (AvgIpc) is 2.30. The summed E-state index contributed by atoms with van der Waals surface area (Å²) in [5.41, 5.74) is -1.96. The normalized spacial score (nSPS) is 13.5. The fourth-order valence-corrected chi connectivity index (χ4v) is 2.86. The van der Waals surface area contributed by atoms with E-state index in [0.717, 1.165) is 19.3 Å². The van der Waals surface area contributed by atoms with Crippen molar-refractivity contribution in [1.29, 1.82) is 0 Å². The summed E-state index contributed by atoms with van der Waals surface area (Å²) >= 11 is 0. The van der Waals surface area contributed by atoms with E-state index < -0.39 is 44.6 Å². The second kappa shape index (κ2) is 12.3. The molecule has 0 saturated carbocycles. The van der Waals surface area contributed by atoms with Crippen LogP contribution in [-0.4, -0.2) is 38.6 Å². The lowest BCUT2D eigenvalue weighted by Crippen LogP contribution is -2.53. The molecule has 0 aliphatic rings. The first-order valence-electron chi connectivity index (χ1n) is 8.58. The predicted octanol–water partition coefficient (Wildman–Crippen LogP) is 5.06. The summed E-state index contributed by atoms with van der Waals surface area (Å²) < 4.78 is 85.7. The number of hydrogen-bond donors (Lipinski definition) is 4. The number of rotatable bonds is 10. The van der Waals surface area contributed by atoms with Crippen LogP contribution >= 0.6 is 7.82 Å². The highest BCUT2D eigenvalue weighted by molar-refractivity contribution is 7.45. The van der Waals surface area contributed by atoms with Gasteiger partial charge in [-0.25, -0.2) is 4.57 Å². The monoisotopic (exact) mass is 433 g/mol. The van der Waals surface area contributed by atoms with Crippen LogP contribution < -0.4 is 5.32 Å².